The number of fused-ring (bicyclic) bond motifs is 2. The standard InChI is InChI=1S/C64H82N20O8/c1-41-11-17-45(18-12-41)44(4)56(47-21-15-43(3)16-22-47)48(46-19-13-42(2)14-20-46)10-8-6-5-7-9-25-69-50(85)33-81(55(90)37-84-40-75-58-61(84)77-63(68)78-62(58)91)31-27-71-52(87)34-80(53(88)35-82-28-23-49(66)76-64(82)92)30-26-70-51(86)32-79(29-24-65)54(89)36-83-39-74-57-59(67)72-38-73-60(57)83/h11-23,28,38-40,44,48,56H,5-10,24-27,29-37,65H2,1-4H3,(H,69,85)(H,70,86)(H,71,87)(H2,66,76,92)(H2,67,72,73)(H3,68,77,78,91). The molecule has 0 aliphatic rings. The second-order valence-corrected chi connectivity index (χ2v) is 23.1. The number of carbonyl (C=O) groups excluding carboxylic acids is 6. The van der Waals surface area contributed by atoms with Gasteiger partial charge >= 0.3 is 5.69 Å². The topological polar surface area (TPSA) is 394 Å². The maximum absolute atomic E-state index is 14.1. The molecule has 0 saturated heterocycles. The van der Waals surface area contributed by atoms with E-state index >= 15 is 0 Å². The van der Waals surface area contributed by atoms with Gasteiger partial charge in [0.25, 0.3) is 5.56 Å². The van der Waals surface area contributed by atoms with Crippen LogP contribution in [0.1, 0.15) is 96.6 Å². The van der Waals surface area contributed by atoms with Crippen LogP contribution in [0.3, 0.4) is 0 Å². The number of nitrogens with one attached hydrogen (secondary N) is 4. The van der Waals surface area contributed by atoms with E-state index in [4.69, 9.17) is 22.9 Å². The SMILES string of the molecule is Cc1ccc(C(C)C(c2ccc(C)cc2)C(CCCCCCCNC(=O)CN(CCNC(=O)CN(CCNC(=O)CN(CCN)C(=O)Cn2cnc3c(N)ncnc32)C(=O)Cn2ccc(N)nc2=O)C(=O)Cn2cnc3c(=O)[nH]c(N)nc32)c2ccc(C)cc2)cc1. The van der Waals surface area contributed by atoms with E-state index in [2.05, 4.69) is 151 Å². The maximum atomic E-state index is 14.1. The zero-order valence-electron chi connectivity index (χ0n) is 52.4. The molecule has 12 N–H and O–H groups in total. The number of anilines is 3. The van der Waals surface area contributed by atoms with E-state index in [1.165, 1.54) is 83.6 Å². The number of rotatable bonds is 33. The second kappa shape index (κ2) is 32.4. The number of amides is 6. The van der Waals surface area contributed by atoms with E-state index in [9.17, 15) is 38.4 Å². The molecule has 92 heavy (non-hydrogen) atoms. The van der Waals surface area contributed by atoms with Crippen molar-refractivity contribution in [3.8, 4) is 0 Å². The van der Waals surface area contributed by atoms with Crippen LogP contribution in [0.25, 0.3) is 22.3 Å². The number of imidazole rings is 2. The molecule has 28 nitrogen and oxygen atoms in total. The molecule has 3 aromatic carbocycles. The number of nitrogen functional groups attached to an aromatic ring is 3. The van der Waals surface area contributed by atoms with Gasteiger partial charge in [-0.3, -0.25) is 43.1 Å². The van der Waals surface area contributed by atoms with Crippen LogP contribution in [-0.2, 0) is 48.4 Å². The smallest absolute Gasteiger partial charge is 0.349 e. The molecule has 28 heteroatoms. The highest BCUT2D eigenvalue weighted by atomic mass is 16.2. The molecule has 3 unspecified atom stereocenters. The molecule has 5 heterocycles. The molecular weight excluding hydrogens is 1180 g/mol. The van der Waals surface area contributed by atoms with Crippen molar-refractivity contribution in [1.82, 2.24) is 79.2 Å². The Morgan fingerprint density at radius 2 is 1.03 bits per heavy atom. The molecule has 8 rings (SSSR count). The Morgan fingerprint density at radius 1 is 0.543 bits per heavy atom. The lowest BCUT2D eigenvalue weighted by Crippen LogP contribution is -2.49. The van der Waals surface area contributed by atoms with Gasteiger partial charge < -0.3 is 62.7 Å². The largest absolute Gasteiger partial charge is 0.383 e. The first-order valence-electron chi connectivity index (χ1n) is 30.7. The normalized spacial score (nSPS) is 12.3. The summed E-state index contributed by atoms with van der Waals surface area (Å²) in [4.78, 5) is 138. The minimum absolute atomic E-state index is 0.0244. The van der Waals surface area contributed by atoms with Gasteiger partial charge in [0.15, 0.2) is 22.6 Å². The first-order valence-corrected chi connectivity index (χ1v) is 30.7. The number of benzene rings is 3. The third kappa shape index (κ3) is 18.6. The quantitative estimate of drug-likeness (QED) is 0.0274. The van der Waals surface area contributed by atoms with Crippen LogP contribution >= 0.6 is 0 Å². The number of hydrogen-bond acceptors (Lipinski definition) is 18. The molecule has 486 valence electrons. The van der Waals surface area contributed by atoms with Gasteiger partial charge in [-0.2, -0.15) is 9.97 Å². The third-order valence-electron chi connectivity index (χ3n) is 16.2. The fourth-order valence-electron chi connectivity index (χ4n) is 11.1. The summed E-state index contributed by atoms with van der Waals surface area (Å²) in [6, 6.07) is 28.2. The van der Waals surface area contributed by atoms with E-state index in [0.717, 1.165) is 41.6 Å². The van der Waals surface area contributed by atoms with Crippen molar-refractivity contribution >= 4 is 75.4 Å². The number of carbonyl (C=O) groups is 6. The van der Waals surface area contributed by atoms with Gasteiger partial charge in [-0.25, -0.2) is 24.7 Å². The summed E-state index contributed by atoms with van der Waals surface area (Å²) in [6.07, 6.45) is 10.7. The van der Waals surface area contributed by atoms with Gasteiger partial charge in [0, 0.05) is 52.0 Å². The van der Waals surface area contributed by atoms with Gasteiger partial charge in [-0.1, -0.05) is 122 Å². The zero-order chi connectivity index (χ0) is 65.8. The van der Waals surface area contributed by atoms with Crippen LogP contribution in [0.15, 0.2) is 114 Å². The number of unbranched alkanes of at least 4 members (excludes halogenated alkanes) is 4. The predicted molar refractivity (Wildman–Crippen MR) is 348 cm³/mol. The minimum Gasteiger partial charge on any atom is -0.383 e. The Labute approximate surface area is 531 Å². The molecule has 8 aromatic rings. The molecule has 0 saturated carbocycles. The number of aryl methyl sites for hydroxylation is 3. The van der Waals surface area contributed by atoms with Crippen LogP contribution in [0, 0.1) is 20.8 Å². The number of nitrogens with zero attached hydrogens (tertiary/aromatic N) is 12. The highest BCUT2D eigenvalue weighted by Crippen LogP contribution is 2.46. The average molecular weight is 1260 g/mol. The lowest BCUT2D eigenvalue weighted by Gasteiger charge is -2.34. The summed E-state index contributed by atoms with van der Waals surface area (Å²) in [5.41, 5.74) is 30.0. The predicted octanol–water partition coefficient (Wildman–Crippen LogP) is 2.39. The van der Waals surface area contributed by atoms with Crippen molar-refractivity contribution in [3.05, 3.63) is 158 Å². The van der Waals surface area contributed by atoms with Gasteiger partial charge in [0.1, 0.15) is 37.3 Å². The van der Waals surface area contributed by atoms with Crippen LogP contribution in [0.4, 0.5) is 17.6 Å². The van der Waals surface area contributed by atoms with Crippen molar-refractivity contribution in [2.24, 2.45) is 5.73 Å². The van der Waals surface area contributed by atoms with Crippen molar-refractivity contribution < 1.29 is 28.8 Å². The Balaban J connectivity index is 0.864. The molecule has 0 spiro atoms. The van der Waals surface area contributed by atoms with E-state index < -0.39 is 79.4 Å². The van der Waals surface area contributed by atoms with Gasteiger partial charge in [0.2, 0.25) is 41.4 Å². The monoisotopic (exact) mass is 1260 g/mol. The van der Waals surface area contributed by atoms with Crippen LogP contribution < -0.4 is 50.1 Å². The summed E-state index contributed by atoms with van der Waals surface area (Å²) in [6.45, 7) is 5.78. The van der Waals surface area contributed by atoms with Crippen LogP contribution in [-0.4, -0.2) is 164 Å². The second-order valence-electron chi connectivity index (χ2n) is 23.1. The highest BCUT2D eigenvalue weighted by Gasteiger charge is 2.31. The zero-order valence-corrected chi connectivity index (χ0v) is 52.4. The lowest BCUT2D eigenvalue weighted by atomic mass is 9.70. The first-order chi connectivity index (χ1) is 44.2. The molecule has 3 atom stereocenters. The summed E-state index contributed by atoms with van der Waals surface area (Å²) in [5.74, 6) is -2.84. The van der Waals surface area contributed by atoms with E-state index in [0.29, 0.717) is 24.1 Å². The van der Waals surface area contributed by atoms with Crippen LogP contribution in [0.5, 0.6) is 0 Å². The molecule has 0 radical (unpaired) electrons. The fraction of sp³-hybridized carbons (Fsp3) is 0.406. The molecule has 0 bridgehead atoms. The van der Waals surface area contributed by atoms with Gasteiger partial charge in [0.05, 0.1) is 32.3 Å². The Morgan fingerprint density at radius 3 is 1.60 bits per heavy atom. The van der Waals surface area contributed by atoms with E-state index in [-0.39, 0.29) is 92.3 Å². The maximum Gasteiger partial charge on any atom is 0.349 e. The number of hydrogen-bond donors (Lipinski definition) is 8. The first kappa shape index (κ1) is 67.5. The Bertz CT molecular complexity index is 3960. The molecule has 6 amide bonds. The lowest BCUT2D eigenvalue weighted by molar-refractivity contribution is -0.137. The number of aromatic nitrogens is 10. The number of aromatic amines is 1. The number of H-pyrrole nitrogens is 1. The molecular formula is C64H82N20O8. The summed E-state index contributed by atoms with van der Waals surface area (Å²) < 4.78 is 3.79. The molecule has 5 aromatic heterocycles. The third-order valence-corrected chi connectivity index (χ3v) is 16.2. The van der Waals surface area contributed by atoms with E-state index in [1.807, 2.05) is 0 Å². The summed E-state index contributed by atoms with van der Waals surface area (Å²) in [7, 11) is 0. The summed E-state index contributed by atoms with van der Waals surface area (Å²) >= 11 is 0. The Kier molecular flexibility index (Phi) is 23.8. The van der Waals surface area contributed by atoms with Gasteiger partial charge in [-0.05, 0) is 74.1 Å². The minimum atomic E-state index is -0.815. The molecule has 0 aliphatic carbocycles. The summed E-state index contributed by atoms with van der Waals surface area (Å²) in [5, 5.41) is 8.33. The average Bonchev–Trinajstić information content (AvgIpc) is 1.43. The molecule has 0 aliphatic heterocycles. The number of nitrogens with two attached hydrogens (primary N) is 4. The van der Waals surface area contributed by atoms with Gasteiger partial charge in [-0.15, -0.1) is 0 Å². The van der Waals surface area contributed by atoms with Crippen molar-refractivity contribution in [1.29, 1.82) is 0 Å². The Hall–Kier alpha value is -10.4. The van der Waals surface area contributed by atoms with Crippen molar-refractivity contribution in [3.63, 3.8) is 0 Å². The van der Waals surface area contributed by atoms with Crippen molar-refractivity contribution in [2.75, 3.05) is 82.6 Å². The molecule has 0 fully saturated rings. The highest BCUT2D eigenvalue weighted by molar-refractivity contribution is 5.88. The van der Waals surface area contributed by atoms with Crippen molar-refractivity contribution in [2.45, 2.75) is 104 Å². The van der Waals surface area contributed by atoms with E-state index in [1.54, 1.807) is 0 Å². The van der Waals surface area contributed by atoms with Crippen LogP contribution in [0.2, 0.25) is 0 Å². The fourth-order valence-corrected chi connectivity index (χ4v) is 11.1.